The van der Waals surface area contributed by atoms with Crippen LogP contribution in [0.4, 0.5) is 0 Å². The summed E-state index contributed by atoms with van der Waals surface area (Å²) in [6.45, 7) is 4.39. The Kier molecular flexibility index (Phi) is 5.56. The third-order valence-electron chi connectivity index (χ3n) is 3.54. The van der Waals surface area contributed by atoms with E-state index in [-0.39, 0.29) is 6.04 Å². The number of ether oxygens (including phenoxy) is 2. The molecule has 1 saturated carbocycles. The summed E-state index contributed by atoms with van der Waals surface area (Å²) in [5, 5.41) is 1.03. The van der Waals surface area contributed by atoms with E-state index in [0.717, 1.165) is 17.2 Å². The summed E-state index contributed by atoms with van der Waals surface area (Å²) < 4.78 is 11.5. The second-order valence-electron chi connectivity index (χ2n) is 5.65. The predicted octanol–water partition coefficient (Wildman–Crippen LogP) is 4.90. The Hall–Kier alpha value is -1.82. The van der Waals surface area contributed by atoms with E-state index in [9.17, 15) is 0 Å². The molecule has 0 amide bonds. The van der Waals surface area contributed by atoms with Crippen LogP contribution in [-0.2, 0) is 0 Å². The quantitative estimate of drug-likeness (QED) is 0.678. The van der Waals surface area contributed by atoms with E-state index in [1.165, 1.54) is 24.2 Å². The van der Waals surface area contributed by atoms with Gasteiger partial charge in [0.1, 0.15) is 11.5 Å². The van der Waals surface area contributed by atoms with Crippen molar-refractivity contribution in [3.8, 4) is 16.7 Å². The highest BCUT2D eigenvalue weighted by Gasteiger charge is 2.22. The minimum absolute atomic E-state index is 0.172. The number of nitrogens with zero attached hydrogens (tertiary/aromatic N) is 1. The lowest BCUT2D eigenvalue weighted by molar-refractivity contribution is 0.299. The Balaban J connectivity index is 1.61. The van der Waals surface area contributed by atoms with Crippen LogP contribution >= 0.6 is 22.9 Å². The van der Waals surface area contributed by atoms with Crippen molar-refractivity contribution in [2.24, 2.45) is 11.7 Å². The highest BCUT2D eigenvalue weighted by Crippen LogP contribution is 2.35. The third-order valence-corrected chi connectivity index (χ3v) is 4.68. The van der Waals surface area contributed by atoms with Gasteiger partial charge in [0.15, 0.2) is 0 Å². The van der Waals surface area contributed by atoms with Gasteiger partial charge >= 0.3 is 0 Å². The van der Waals surface area contributed by atoms with E-state index in [4.69, 9.17) is 26.8 Å². The number of halogens is 1. The van der Waals surface area contributed by atoms with Crippen LogP contribution < -0.4 is 15.2 Å². The molecule has 1 aliphatic carbocycles. The second-order valence-corrected chi connectivity index (χ2v) is 7.08. The molecule has 1 aromatic carbocycles. The molecule has 0 radical (unpaired) electrons. The maximum absolute atomic E-state index is 6.27. The van der Waals surface area contributed by atoms with Crippen molar-refractivity contribution in [3.63, 3.8) is 0 Å². The van der Waals surface area contributed by atoms with E-state index < -0.39 is 0 Å². The third kappa shape index (κ3) is 4.84. The van der Waals surface area contributed by atoms with Crippen LogP contribution in [0.5, 0.6) is 16.7 Å². The number of rotatable bonds is 8. The molecule has 3 rings (SSSR count). The SMILES string of the molecule is C=C[C@H](N)/C=C/c1cnc(Oc2ccc(OCC3CC3)cc2Cl)s1. The average molecular weight is 363 g/mol. The van der Waals surface area contributed by atoms with E-state index in [1.807, 2.05) is 18.2 Å². The molecule has 2 aromatic rings. The molecule has 0 aliphatic heterocycles. The zero-order valence-electron chi connectivity index (χ0n) is 13.2. The van der Waals surface area contributed by atoms with Crippen LogP contribution in [0.15, 0.2) is 43.1 Å². The van der Waals surface area contributed by atoms with Crippen molar-refractivity contribution in [2.45, 2.75) is 18.9 Å². The molecule has 0 saturated heterocycles. The summed E-state index contributed by atoms with van der Waals surface area (Å²) in [6, 6.07) is 5.27. The van der Waals surface area contributed by atoms with Gasteiger partial charge in [0.2, 0.25) is 0 Å². The molecule has 0 spiro atoms. The van der Waals surface area contributed by atoms with Gasteiger partial charge in [-0.2, -0.15) is 0 Å². The van der Waals surface area contributed by atoms with Gasteiger partial charge in [-0.05, 0) is 37.0 Å². The van der Waals surface area contributed by atoms with Crippen LogP contribution in [0, 0.1) is 5.92 Å². The van der Waals surface area contributed by atoms with Crippen LogP contribution in [0.2, 0.25) is 5.02 Å². The van der Waals surface area contributed by atoms with Crippen molar-refractivity contribution in [1.82, 2.24) is 4.98 Å². The lowest BCUT2D eigenvalue weighted by atomic mass is 10.3. The summed E-state index contributed by atoms with van der Waals surface area (Å²) in [7, 11) is 0. The smallest absolute Gasteiger partial charge is 0.279 e. The molecule has 1 fully saturated rings. The van der Waals surface area contributed by atoms with Gasteiger partial charge in [0.05, 0.1) is 16.5 Å². The minimum atomic E-state index is -0.172. The number of hydrogen-bond donors (Lipinski definition) is 1. The van der Waals surface area contributed by atoms with Crippen molar-refractivity contribution in [3.05, 3.63) is 53.0 Å². The molecule has 24 heavy (non-hydrogen) atoms. The predicted molar refractivity (Wildman–Crippen MR) is 99.1 cm³/mol. The molecule has 1 atom stereocenters. The van der Waals surface area contributed by atoms with Gasteiger partial charge in [-0.3, -0.25) is 0 Å². The monoisotopic (exact) mass is 362 g/mol. The first kappa shape index (κ1) is 17.0. The van der Waals surface area contributed by atoms with Gasteiger partial charge in [-0.1, -0.05) is 35.1 Å². The summed E-state index contributed by atoms with van der Waals surface area (Å²) in [5.41, 5.74) is 5.75. The zero-order chi connectivity index (χ0) is 16.9. The average Bonchev–Trinajstić information content (AvgIpc) is 3.31. The molecule has 1 heterocycles. The van der Waals surface area contributed by atoms with Crippen molar-refractivity contribution < 1.29 is 9.47 Å². The van der Waals surface area contributed by atoms with Gasteiger partial charge in [0.25, 0.3) is 5.19 Å². The fraction of sp³-hybridized carbons (Fsp3) is 0.278. The first-order valence-corrected chi connectivity index (χ1v) is 8.96. The number of thiazole rings is 1. The summed E-state index contributed by atoms with van der Waals surface area (Å²) in [5.74, 6) is 2.03. The van der Waals surface area contributed by atoms with Crippen LogP contribution in [0.1, 0.15) is 17.7 Å². The van der Waals surface area contributed by atoms with E-state index >= 15 is 0 Å². The largest absolute Gasteiger partial charge is 0.493 e. The van der Waals surface area contributed by atoms with Crippen molar-refractivity contribution >= 4 is 29.0 Å². The van der Waals surface area contributed by atoms with E-state index in [1.54, 1.807) is 24.4 Å². The molecular formula is C18H19ClN2O2S. The molecule has 1 aliphatic rings. The molecular weight excluding hydrogens is 344 g/mol. The van der Waals surface area contributed by atoms with E-state index in [2.05, 4.69) is 11.6 Å². The van der Waals surface area contributed by atoms with Crippen LogP contribution in [-0.4, -0.2) is 17.6 Å². The van der Waals surface area contributed by atoms with Gasteiger partial charge in [-0.25, -0.2) is 4.98 Å². The Morgan fingerprint density at radius 1 is 1.46 bits per heavy atom. The summed E-state index contributed by atoms with van der Waals surface area (Å²) in [4.78, 5) is 5.18. The molecule has 126 valence electrons. The number of aromatic nitrogens is 1. The summed E-state index contributed by atoms with van der Waals surface area (Å²) >= 11 is 7.68. The lowest BCUT2D eigenvalue weighted by Crippen LogP contribution is -2.11. The lowest BCUT2D eigenvalue weighted by Gasteiger charge is -2.08. The molecule has 4 nitrogen and oxygen atoms in total. The molecule has 6 heteroatoms. The molecule has 1 aromatic heterocycles. The highest BCUT2D eigenvalue weighted by molar-refractivity contribution is 7.14. The topological polar surface area (TPSA) is 57.4 Å². The molecule has 2 N–H and O–H groups in total. The number of hydrogen-bond acceptors (Lipinski definition) is 5. The maximum atomic E-state index is 6.27. The number of benzene rings is 1. The van der Waals surface area contributed by atoms with Crippen molar-refractivity contribution in [1.29, 1.82) is 0 Å². The zero-order valence-corrected chi connectivity index (χ0v) is 14.7. The molecule has 0 unspecified atom stereocenters. The van der Waals surface area contributed by atoms with E-state index in [0.29, 0.717) is 21.9 Å². The standard InChI is InChI=1S/C18H19ClN2O2S/c1-2-13(20)5-7-15-10-21-18(24-15)23-17-8-6-14(9-16(17)19)22-11-12-3-4-12/h2,5-10,12-13H,1,3-4,11,20H2/b7-5+/t13-/m0/s1. The minimum Gasteiger partial charge on any atom is -0.493 e. The number of nitrogens with two attached hydrogens (primary N) is 1. The molecule has 0 bridgehead atoms. The van der Waals surface area contributed by atoms with Crippen molar-refractivity contribution in [2.75, 3.05) is 6.61 Å². The first-order valence-electron chi connectivity index (χ1n) is 7.76. The Bertz CT molecular complexity index is 740. The Morgan fingerprint density at radius 2 is 2.29 bits per heavy atom. The maximum Gasteiger partial charge on any atom is 0.279 e. The first-order chi connectivity index (χ1) is 11.6. The normalized spacial score (nSPS) is 15.4. The van der Waals surface area contributed by atoms with Gasteiger partial charge in [0, 0.05) is 18.3 Å². The fourth-order valence-corrected chi connectivity index (χ4v) is 2.82. The highest BCUT2D eigenvalue weighted by atomic mass is 35.5. The Labute approximate surface area is 150 Å². The van der Waals surface area contributed by atoms with Crippen LogP contribution in [0.3, 0.4) is 0 Å². The fourth-order valence-electron chi connectivity index (χ4n) is 1.93. The Morgan fingerprint density at radius 3 is 3.00 bits per heavy atom. The van der Waals surface area contributed by atoms with Gasteiger partial charge < -0.3 is 15.2 Å². The second kappa shape index (κ2) is 7.83. The summed E-state index contributed by atoms with van der Waals surface area (Å²) in [6.07, 6.45) is 9.66. The van der Waals surface area contributed by atoms with Gasteiger partial charge in [-0.15, -0.1) is 6.58 Å². The van der Waals surface area contributed by atoms with Crippen LogP contribution in [0.25, 0.3) is 6.08 Å².